The minimum Gasteiger partial charge on any atom is -0.348 e. The van der Waals surface area contributed by atoms with Gasteiger partial charge in [-0.1, -0.05) is 43.2 Å². The first-order chi connectivity index (χ1) is 17.0. The highest BCUT2D eigenvalue weighted by Crippen LogP contribution is 2.18. The Morgan fingerprint density at radius 3 is 2.66 bits per heavy atom. The van der Waals surface area contributed by atoms with Gasteiger partial charge in [0.25, 0.3) is 11.5 Å². The Morgan fingerprint density at radius 2 is 1.83 bits per heavy atom. The zero-order valence-electron chi connectivity index (χ0n) is 20.4. The molecule has 0 saturated heterocycles. The van der Waals surface area contributed by atoms with Crippen molar-refractivity contribution in [3.63, 3.8) is 0 Å². The Bertz CT molecular complexity index is 1440. The molecule has 0 fully saturated rings. The average Bonchev–Trinajstić information content (AvgIpc) is 3.11. The van der Waals surface area contributed by atoms with E-state index in [1.807, 2.05) is 41.3 Å². The van der Waals surface area contributed by atoms with Crippen LogP contribution in [0, 0.1) is 13.8 Å². The van der Waals surface area contributed by atoms with Crippen molar-refractivity contribution in [3.05, 3.63) is 92.8 Å². The van der Waals surface area contributed by atoms with Crippen LogP contribution in [0.25, 0.3) is 10.9 Å². The predicted octanol–water partition coefficient (Wildman–Crippen LogP) is 4.30. The lowest BCUT2D eigenvalue weighted by molar-refractivity contribution is 0.0951. The third-order valence-corrected chi connectivity index (χ3v) is 6.96. The predicted molar refractivity (Wildman–Crippen MR) is 137 cm³/mol. The molecule has 4 aromatic rings. The Hall–Kier alpha value is -3.74. The van der Waals surface area contributed by atoms with Crippen molar-refractivity contribution >= 4 is 16.8 Å². The second-order valence-electron chi connectivity index (χ2n) is 9.36. The van der Waals surface area contributed by atoms with E-state index in [9.17, 15) is 9.59 Å². The average molecular weight is 470 g/mol. The minimum absolute atomic E-state index is 0.00376. The highest BCUT2D eigenvalue weighted by atomic mass is 16.1. The maximum atomic E-state index is 13.1. The second kappa shape index (κ2) is 9.86. The summed E-state index contributed by atoms with van der Waals surface area (Å²) in [5.41, 5.74) is 5.25. The van der Waals surface area contributed by atoms with E-state index in [2.05, 4.69) is 22.5 Å². The number of carbonyl (C=O) groups is 1. The van der Waals surface area contributed by atoms with Crippen LogP contribution in [0.5, 0.6) is 0 Å². The van der Waals surface area contributed by atoms with E-state index in [1.165, 1.54) is 5.56 Å². The summed E-state index contributed by atoms with van der Waals surface area (Å²) in [6.45, 7) is 5.81. The van der Waals surface area contributed by atoms with Gasteiger partial charge in [0.2, 0.25) is 0 Å². The van der Waals surface area contributed by atoms with Crippen molar-refractivity contribution in [2.75, 3.05) is 0 Å². The fraction of sp³-hybridized carbons (Fsp3) is 0.357. The first-order valence-corrected chi connectivity index (χ1v) is 12.4. The lowest BCUT2D eigenvalue weighted by Gasteiger charge is -2.16. The lowest BCUT2D eigenvalue weighted by atomic mass is 10.1. The van der Waals surface area contributed by atoms with E-state index < -0.39 is 0 Å². The number of nitrogens with one attached hydrogen (secondary N) is 1. The molecule has 7 heteroatoms. The zero-order chi connectivity index (χ0) is 24.4. The second-order valence-corrected chi connectivity index (χ2v) is 9.36. The summed E-state index contributed by atoms with van der Waals surface area (Å²) < 4.78 is 3.80. The van der Waals surface area contributed by atoms with Crippen LogP contribution in [0.4, 0.5) is 0 Å². The van der Waals surface area contributed by atoms with Crippen LogP contribution in [0.3, 0.4) is 0 Å². The van der Waals surface area contributed by atoms with E-state index in [4.69, 9.17) is 4.98 Å². The lowest BCUT2D eigenvalue weighted by Crippen LogP contribution is -2.27. The number of hydrogen-bond donors (Lipinski definition) is 1. The molecule has 0 aliphatic carbocycles. The molecule has 1 aliphatic heterocycles. The summed E-state index contributed by atoms with van der Waals surface area (Å²) in [5.74, 6) is 0.645. The minimum atomic E-state index is -0.185. The molecule has 7 nitrogen and oxygen atoms in total. The molecule has 0 atom stereocenters. The first-order valence-electron chi connectivity index (χ1n) is 12.4. The molecule has 0 unspecified atom stereocenters. The quantitative estimate of drug-likeness (QED) is 0.472. The van der Waals surface area contributed by atoms with Crippen molar-refractivity contribution in [3.8, 4) is 0 Å². The van der Waals surface area contributed by atoms with E-state index in [0.29, 0.717) is 29.6 Å². The smallest absolute Gasteiger partial charge is 0.261 e. The van der Waals surface area contributed by atoms with Crippen LogP contribution in [-0.4, -0.2) is 25.2 Å². The number of rotatable bonds is 5. The molecule has 2 aromatic carbocycles. The van der Waals surface area contributed by atoms with Gasteiger partial charge in [-0.2, -0.15) is 5.10 Å². The number of aromatic nitrogens is 4. The van der Waals surface area contributed by atoms with Gasteiger partial charge in [0.05, 0.1) is 23.1 Å². The van der Waals surface area contributed by atoms with Gasteiger partial charge < -0.3 is 5.32 Å². The summed E-state index contributed by atoms with van der Waals surface area (Å²) in [6.07, 6.45) is 5.15. The van der Waals surface area contributed by atoms with Crippen LogP contribution >= 0.6 is 0 Å². The summed E-state index contributed by atoms with van der Waals surface area (Å²) in [4.78, 5) is 30.8. The van der Waals surface area contributed by atoms with Gasteiger partial charge in [0, 0.05) is 36.3 Å². The van der Waals surface area contributed by atoms with Crippen molar-refractivity contribution in [2.45, 2.75) is 65.6 Å². The monoisotopic (exact) mass is 469 g/mol. The molecule has 35 heavy (non-hydrogen) atoms. The number of nitrogens with zero attached hydrogens (tertiary/aromatic N) is 4. The van der Waals surface area contributed by atoms with E-state index in [0.717, 1.165) is 61.4 Å². The van der Waals surface area contributed by atoms with Gasteiger partial charge in [-0.25, -0.2) is 4.98 Å². The first kappa shape index (κ1) is 23.0. The van der Waals surface area contributed by atoms with Crippen LogP contribution in [0.2, 0.25) is 0 Å². The Labute approximate surface area is 204 Å². The molecule has 0 spiro atoms. The highest BCUT2D eigenvalue weighted by molar-refractivity contribution is 5.97. The van der Waals surface area contributed by atoms with E-state index in [-0.39, 0.29) is 11.5 Å². The summed E-state index contributed by atoms with van der Waals surface area (Å²) in [7, 11) is 0. The third kappa shape index (κ3) is 4.76. The normalized spacial score (nSPS) is 13.8. The van der Waals surface area contributed by atoms with E-state index >= 15 is 0 Å². The molecule has 0 radical (unpaired) electrons. The van der Waals surface area contributed by atoms with Gasteiger partial charge in [0.1, 0.15) is 5.82 Å². The summed E-state index contributed by atoms with van der Waals surface area (Å²) >= 11 is 0. The number of aryl methyl sites for hydroxylation is 2. The molecule has 1 aliphatic rings. The van der Waals surface area contributed by atoms with Crippen LogP contribution in [0.15, 0.2) is 53.3 Å². The molecule has 1 N–H and O–H groups in total. The largest absolute Gasteiger partial charge is 0.348 e. The number of amides is 1. The van der Waals surface area contributed by atoms with Gasteiger partial charge in [-0.05, 0) is 50.5 Å². The fourth-order valence-corrected chi connectivity index (χ4v) is 4.91. The molecule has 0 bridgehead atoms. The number of benzene rings is 2. The van der Waals surface area contributed by atoms with Crippen molar-refractivity contribution < 1.29 is 4.79 Å². The molecule has 5 rings (SSSR count). The number of hydrogen-bond acceptors (Lipinski definition) is 4. The zero-order valence-corrected chi connectivity index (χ0v) is 20.4. The fourth-order valence-electron chi connectivity index (χ4n) is 4.91. The van der Waals surface area contributed by atoms with Crippen molar-refractivity contribution in [2.24, 2.45) is 0 Å². The molecule has 2 aromatic heterocycles. The molecule has 0 saturated carbocycles. The Morgan fingerprint density at radius 1 is 1.03 bits per heavy atom. The number of carbonyl (C=O) groups excluding carboxylic acids is 1. The topological polar surface area (TPSA) is 81.8 Å². The van der Waals surface area contributed by atoms with Crippen molar-refractivity contribution in [1.82, 2.24) is 24.6 Å². The van der Waals surface area contributed by atoms with Crippen molar-refractivity contribution in [1.29, 1.82) is 0 Å². The molecule has 3 heterocycles. The summed E-state index contributed by atoms with van der Waals surface area (Å²) in [6, 6.07) is 15.4. The highest BCUT2D eigenvalue weighted by Gasteiger charge is 2.16. The molecular weight excluding hydrogens is 438 g/mol. The maximum absolute atomic E-state index is 13.1. The molecule has 180 valence electrons. The van der Waals surface area contributed by atoms with Crippen LogP contribution in [0.1, 0.15) is 64.4 Å². The third-order valence-electron chi connectivity index (χ3n) is 6.96. The molecule has 1 amide bonds. The molecular formula is C28H31N5O2. The maximum Gasteiger partial charge on any atom is 0.261 e. The standard InChI is InChI=1S/C28H31N5O2/c1-19-24(20(2)33(31-19)18-21-10-6-5-7-11-21)17-29-27(34)22-13-14-23-25(16-22)30-26-12-8-3-4-9-15-32(26)28(23)35/h5-7,10-11,13-14,16H,3-4,8-9,12,15,17-18H2,1-2H3,(H,29,34). The van der Waals surface area contributed by atoms with Gasteiger partial charge in [-0.15, -0.1) is 0 Å². The van der Waals surface area contributed by atoms with Gasteiger partial charge >= 0.3 is 0 Å². The SMILES string of the molecule is Cc1nn(Cc2ccccc2)c(C)c1CNC(=O)c1ccc2c(=O)n3c(nc2c1)CCCCCC3. The van der Waals surface area contributed by atoms with Gasteiger partial charge in [0.15, 0.2) is 0 Å². The van der Waals surface area contributed by atoms with Crippen LogP contribution in [-0.2, 0) is 26.1 Å². The summed E-state index contributed by atoms with van der Waals surface area (Å²) in [5, 5.41) is 8.28. The van der Waals surface area contributed by atoms with Crippen LogP contribution < -0.4 is 10.9 Å². The van der Waals surface area contributed by atoms with E-state index in [1.54, 1.807) is 18.2 Å². The Kier molecular flexibility index (Phi) is 6.49. The Balaban J connectivity index is 1.35. The number of fused-ring (bicyclic) bond motifs is 2. The van der Waals surface area contributed by atoms with Gasteiger partial charge in [-0.3, -0.25) is 18.8 Å².